The summed E-state index contributed by atoms with van der Waals surface area (Å²) < 4.78 is 0. The Morgan fingerprint density at radius 2 is 1.47 bits per heavy atom. The molecule has 0 atom stereocenters. The Balaban J connectivity index is 1.94. The van der Waals surface area contributed by atoms with Crippen LogP contribution in [0.15, 0.2) is 60.7 Å². The second-order valence-electron chi connectivity index (χ2n) is 4.76. The lowest BCUT2D eigenvalue weighted by atomic mass is 10.1. The molecule has 3 N–H and O–H groups in total. The lowest BCUT2D eigenvalue weighted by Crippen LogP contribution is -1.94. The van der Waals surface area contributed by atoms with E-state index in [1.807, 2.05) is 25.1 Å². The van der Waals surface area contributed by atoms with Gasteiger partial charge in [-0.3, -0.25) is 0 Å². The molecule has 94 valence electrons. The summed E-state index contributed by atoms with van der Waals surface area (Å²) in [7, 11) is 0. The van der Waals surface area contributed by atoms with Crippen molar-refractivity contribution >= 4 is 27.8 Å². The Hall–Kier alpha value is -2.48. The number of hydrogen-bond acceptors (Lipinski definition) is 2. The van der Waals surface area contributed by atoms with Crippen molar-refractivity contribution < 1.29 is 0 Å². The third kappa shape index (κ3) is 2.38. The average molecular weight is 248 g/mol. The summed E-state index contributed by atoms with van der Waals surface area (Å²) in [5.41, 5.74) is 9.92. The summed E-state index contributed by atoms with van der Waals surface area (Å²) in [6.45, 7) is 2.01. The second kappa shape index (κ2) is 4.65. The lowest BCUT2D eigenvalue weighted by Gasteiger charge is -2.09. The van der Waals surface area contributed by atoms with Gasteiger partial charge < -0.3 is 11.1 Å². The van der Waals surface area contributed by atoms with Crippen LogP contribution in [0.5, 0.6) is 0 Å². The Bertz CT molecular complexity index is 732. The first-order valence-electron chi connectivity index (χ1n) is 6.34. The van der Waals surface area contributed by atoms with Gasteiger partial charge in [-0.05, 0) is 47.5 Å². The molecule has 0 radical (unpaired) electrons. The number of fused-ring (bicyclic) bond motifs is 1. The fourth-order valence-corrected chi connectivity index (χ4v) is 2.15. The van der Waals surface area contributed by atoms with Crippen molar-refractivity contribution in [1.29, 1.82) is 0 Å². The average Bonchev–Trinajstić information content (AvgIpc) is 2.43. The van der Waals surface area contributed by atoms with Gasteiger partial charge in [0.1, 0.15) is 0 Å². The van der Waals surface area contributed by atoms with Gasteiger partial charge in [0, 0.05) is 17.1 Å². The molecule has 0 aliphatic heterocycles. The van der Waals surface area contributed by atoms with E-state index in [-0.39, 0.29) is 0 Å². The molecule has 0 bridgehead atoms. The van der Waals surface area contributed by atoms with E-state index in [2.05, 4.69) is 47.8 Å². The molecule has 2 heteroatoms. The number of nitrogen functional groups attached to an aromatic ring is 1. The van der Waals surface area contributed by atoms with E-state index >= 15 is 0 Å². The highest BCUT2D eigenvalue weighted by Gasteiger charge is 1.99. The van der Waals surface area contributed by atoms with Crippen LogP contribution in [0.3, 0.4) is 0 Å². The summed E-state index contributed by atoms with van der Waals surface area (Å²) in [6, 6.07) is 20.7. The van der Waals surface area contributed by atoms with Crippen molar-refractivity contribution in [3.8, 4) is 0 Å². The quantitative estimate of drug-likeness (QED) is 0.656. The van der Waals surface area contributed by atoms with E-state index < -0.39 is 0 Å². The van der Waals surface area contributed by atoms with Gasteiger partial charge in [0.05, 0.1) is 0 Å². The molecular formula is C17H16N2. The van der Waals surface area contributed by atoms with E-state index in [0.717, 1.165) is 22.6 Å². The predicted molar refractivity (Wildman–Crippen MR) is 82.8 cm³/mol. The topological polar surface area (TPSA) is 38.0 Å². The maximum absolute atomic E-state index is 5.92. The number of aryl methyl sites for hydroxylation is 1. The third-order valence-electron chi connectivity index (χ3n) is 3.32. The van der Waals surface area contributed by atoms with Crippen LogP contribution in [0.1, 0.15) is 5.56 Å². The van der Waals surface area contributed by atoms with Gasteiger partial charge in [0.2, 0.25) is 0 Å². The molecular weight excluding hydrogens is 232 g/mol. The van der Waals surface area contributed by atoms with Crippen LogP contribution >= 0.6 is 0 Å². The van der Waals surface area contributed by atoms with Crippen LogP contribution < -0.4 is 11.1 Å². The van der Waals surface area contributed by atoms with E-state index in [9.17, 15) is 0 Å². The molecule has 0 spiro atoms. The Morgan fingerprint density at radius 1 is 0.789 bits per heavy atom. The van der Waals surface area contributed by atoms with Gasteiger partial charge in [-0.2, -0.15) is 0 Å². The Kier molecular flexibility index (Phi) is 2.84. The van der Waals surface area contributed by atoms with Crippen molar-refractivity contribution in [2.45, 2.75) is 6.92 Å². The molecule has 0 aliphatic rings. The molecule has 2 nitrogen and oxygen atoms in total. The highest BCUT2D eigenvalue weighted by molar-refractivity contribution is 5.86. The summed E-state index contributed by atoms with van der Waals surface area (Å²) >= 11 is 0. The fraction of sp³-hybridized carbons (Fsp3) is 0.0588. The molecule has 0 saturated carbocycles. The maximum Gasteiger partial charge on any atom is 0.0405 e. The normalized spacial score (nSPS) is 10.6. The molecule has 0 aliphatic carbocycles. The Morgan fingerprint density at radius 3 is 2.26 bits per heavy atom. The third-order valence-corrected chi connectivity index (χ3v) is 3.32. The summed E-state index contributed by atoms with van der Waals surface area (Å²) in [5.74, 6) is 0. The summed E-state index contributed by atoms with van der Waals surface area (Å²) in [5, 5.41) is 5.86. The van der Waals surface area contributed by atoms with Crippen LogP contribution in [0, 0.1) is 6.92 Å². The standard InChI is InChI=1S/C17H16N2/c1-12-6-8-16(11-17(12)18)19-15-9-7-13-4-2-3-5-14(13)10-15/h2-11,19H,18H2,1H3. The number of anilines is 3. The minimum atomic E-state index is 0.811. The highest BCUT2D eigenvalue weighted by Crippen LogP contribution is 2.24. The predicted octanol–water partition coefficient (Wildman–Crippen LogP) is 4.47. The largest absolute Gasteiger partial charge is 0.398 e. The smallest absolute Gasteiger partial charge is 0.0405 e. The molecule has 0 saturated heterocycles. The zero-order chi connectivity index (χ0) is 13.2. The van der Waals surface area contributed by atoms with Crippen LogP contribution in [0.2, 0.25) is 0 Å². The molecule has 0 amide bonds. The molecule has 3 aromatic carbocycles. The summed E-state index contributed by atoms with van der Waals surface area (Å²) in [6.07, 6.45) is 0. The van der Waals surface area contributed by atoms with E-state index in [4.69, 9.17) is 5.73 Å². The van der Waals surface area contributed by atoms with Crippen molar-refractivity contribution in [2.75, 3.05) is 11.1 Å². The minimum absolute atomic E-state index is 0.811. The molecule has 0 unspecified atom stereocenters. The number of nitrogens with two attached hydrogens (primary N) is 1. The second-order valence-corrected chi connectivity index (χ2v) is 4.76. The Labute approximate surface area is 112 Å². The van der Waals surface area contributed by atoms with Crippen LogP contribution in [0.4, 0.5) is 17.1 Å². The molecule has 0 heterocycles. The highest BCUT2D eigenvalue weighted by atomic mass is 14.9. The summed E-state index contributed by atoms with van der Waals surface area (Å²) in [4.78, 5) is 0. The van der Waals surface area contributed by atoms with Crippen molar-refractivity contribution in [1.82, 2.24) is 0 Å². The lowest BCUT2D eigenvalue weighted by molar-refractivity contribution is 1.46. The number of benzene rings is 3. The van der Waals surface area contributed by atoms with Gasteiger partial charge in [-0.15, -0.1) is 0 Å². The number of hydrogen-bond donors (Lipinski definition) is 2. The first-order chi connectivity index (χ1) is 9.22. The monoisotopic (exact) mass is 248 g/mol. The van der Waals surface area contributed by atoms with Gasteiger partial charge >= 0.3 is 0 Å². The molecule has 19 heavy (non-hydrogen) atoms. The number of nitrogens with one attached hydrogen (secondary N) is 1. The van der Waals surface area contributed by atoms with Gasteiger partial charge in [-0.25, -0.2) is 0 Å². The zero-order valence-corrected chi connectivity index (χ0v) is 10.9. The van der Waals surface area contributed by atoms with E-state index in [0.29, 0.717) is 0 Å². The van der Waals surface area contributed by atoms with Gasteiger partial charge in [0.25, 0.3) is 0 Å². The van der Waals surface area contributed by atoms with Gasteiger partial charge in [-0.1, -0.05) is 36.4 Å². The molecule has 3 aromatic rings. The first kappa shape index (κ1) is 11.6. The fourth-order valence-electron chi connectivity index (χ4n) is 2.15. The van der Waals surface area contributed by atoms with E-state index in [1.54, 1.807) is 0 Å². The molecule has 3 rings (SSSR count). The number of rotatable bonds is 2. The molecule has 0 aromatic heterocycles. The van der Waals surface area contributed by atoms with E-state index in [1.165, 1.54) is 10.8 Å². The van der Waals surface area contributed by atoms with Crippen LogP contribution in [-0.2, 0) is 0 Å². The van der Waals surface area contributed by atoms with Crippen LogP contribution in [-0.4, -0.2) is 0 Å². The SMILES string of the molecule is Cc1ccc(Nc2ccc3ccccc3c2)cc1N. The van der Waals surface area contributed by atoms with Gasteiger partial charge in [0.15, 0.2) is 0 Å². The van der Waals surface area contributed by atoms with Crippen molar-refractivity contribution in [3.05, 3.63) is 66.2 Å². The van der Waals surface area contributed by atoms with Crippen molar-refractivity contribution in [2.24, 2.45) is 0 Å². The maximum atomic E-state index is 5.92. The van der Waals surface area contributed by atoms with Crippen LogP contribution in [0.25, 0.3) is 10.8 Å². The zero-order valence-electron chi connectivity index (χ0n) is 10.9. The minimum Gasteiger partial charge on any atom is -0.398 e. The van der Waals surface area contributed by atoms with Crippen molar-refractivity contribution in [3.63, 3.8) is 0 Å². The first-order valence-corrected chi connectivity index (χ1v) is 6.34. The molecule has 0 fully saturated rings.